The van der Waals surface area contributed by atoms with E-state index in [0.717, 1.165) is 5.69 Å². The molecule has 1 saturated heterocycles. The van der Waals surface area contributed by atoms with Crippen LogP contribution in [0.4, 0.5) is 18.9 Å². The first kappa shape index (κ1) is 12.2. The zero-order valence-electron chi connectivity index (χ0n) is 9.84. The van der Waals surface area contributed by atoms with Crippen LogP contribution in [0.2, 0.25) is 0 Å². The van der Waals surface area contributed by atoms with Gasteiger partial charge in [-0.3, -0.25) is 4.74 Å². The van der Waals surface area contributed by atoms with Crippen LogP contribution in [-0.4, -0.2) is 40.2 Å². The van der Waals surface area contributed by atoms with Gasteiger partial charge in [-0.25, -0.2) is 9.50 Å². The number of hydrogen-bond acceptors (Lipinski definition) is 4. The van der Waals surface area contributed by atoms with Crippen LogP contribution in [-0.2, 0) is 4.74 Å². The molecule has 3 rings (SSSR count). The molecule has 5 nitrogen and oxygen atoms in total. The smallest absolute Gasteiger partial charge is 0.366 e. The molecule has 0 unspecified atom stereocenters. The summed E-state index contributed by atoms with van der Waals surface area (Å²) in [5.41, 5.74) is 1.41. The van der Waals surface area contributed by atoms with E-state index in [2.05, 4.69) is 14.8 Å². The minimum absolute atomic E-state index is 0.200. The van der Waals surface area contributed by atoms with Crippen LogP contribution >= 0.6 is 0 Å². The number of imidazole rings is 1. The van der Waals surface area contributed by atoms with Gasteiger partial charge in [0.25, 0.3) is 0 Å². The topological polar surface area (TPSA) is 42.7 Å². The van der Waals surface area contributed by atoms with Crippen LogP contribution in [0.1, 0.15) is 6.42 Å². The van der Waals surface area contributed by atoms with Crippen molar-refractivity contribution >= 4 is 11.3 Å². The Morgan fingerprint density at radius 2 is 2.16 bits per heavy atom. The van der Waals surface area contributed by atoms with Crippen molar-refractivity contribution in [3.05, 3.63) is 24.7 Å². The molecule has 2 aromatic heterocycles. The molecule has 0 aliphatic carbocycles. The van der Waals surface area contributed by atoms with Gasteiger partial charge in [-0.05, 0) is 12.5 Å². The van der Waals surface area contributed by atoms with Crippen molar-refractivity contribution in [1.82, 2.24) is 14.6 Å². The average molecular weight is 272 g/mol. The summed E-state index contributed by atoms with van der Waals surface area (Å²) in [5, 5.41) is 4.07. The molecule has 102 valence electrons. The highest BCUT2D eigenvalue weighted by Crippen LogP contribution is 2.28. The number of aromatic nitrogens is 3. The first-order valence-corrected chi connectivity index (χ1v) is 5.81. The Morgan fingerprint density at radius 1 is 1.32 bits per heavy atom. The second-order valence-corrected chi connectivity index (χ2v) is 4.33. The normalized spacial score (nSPS) is 20.4. The second kappa shape index (κ2) is 4.37. The maximum atomic E-state index is 12.2. The maximum Gasteiger partial charge on any atom is 0.522 e. The van der Waals surface area contributed by atoms with E-state index in [0.29, 0.717) is 18.6 Å². The first-order chi connectivity index (χ1) is 9.03. The number of alkyl halides is 3. The van der Waals surface area contributed by atoms with E-state index in [1.165, 1.54) is 0 Å². The summed E-state index contributed by atoms with van der Waals surface area (Å²) >= 11 is 0. The number of nitrogens with zero attached hydrogens (tertiary/aromatic N) is 4. The Balaban J connectivity index is 1.79. The largest absolute Gasteiger partial charge is 0.522 e. The Kier molecular flexibility index (Phi) is 2.81. The molecule has 0 aromatic carbocycles. The number of halogens is 3. The molecule has 0 spiro atoms. The summed E-state index contributed by atoms with van der Waals surface area (Å²) in [4.78, 5) is 5.99. The van der Waals surface area contributed by atoms with Gasteiger partial charge in [-0.15, -0.1) is 13.2 Å². The quantitative estimate of drug-likeness (QED) is 0.836. The van der Waals surface area contributed by atoms with Crippen molar-refractivity contribution in [3.8, 4) is 0 Å². The first-order valence-electron chi connectivity index (χ1n) is 5.81. The van der Waals surface area contributed by atoms with Gasteiger partial charge in [0.05, 0.1) is 18.0 Å². The van der Waals surface area contributed by atoms with Gasteiger partial charge in [0.1, 0.15) is 0 Å². The highest BCUT2D eigenvalue weighted by Gasteiger charge is 2.37. The molecule has 1 atom stereocenters. The lowest BCUT2D eigenvalue weighted by molar-refractivity contribution is -0.339. The Bertz CT molecular complexity index is 583. The number of hydrogen-bond donors (Lipinski definition) is 0. The average Bonchev–Trinajstić information content (AvgIpc) is 2.94. The van der Waals surface area contributed by atoms with Gasteiger partial charge in [-0.1, -0.05) is 0 Å². The van der Waals surface area contributed by atoms with E-state index in [4.69, 9.17) is 0 Å². The molecule has 3 heterocycles. The fourth-order valence-corrected chi connectivity index (χ4v) is 2.30. The molecular formula is C11H11F3N4O. The molecular weight excluding hydrogens is 261 g/mol. The molecule has 0 radical (unpaired) electrons. The molecule has 0 N–H and O–H groups in total. The highest BCUT2D eigenvalue weighted by atomic mass is 19.4. The van der Waals surface area contributed by atoms with Gasteiger partial charge in [-0.2, -0.15) is 5.10 Å². The summed E-state index contributed by atoms with van der Waals surface area (Å²) in [7, 11) is 0. The predicted octanol–water partition coefficient (Wildman–Crippen LogP) is 1.84. The lowest BCUT2D eigenvalue weighted by Crippen LogP contribution is -2.28. The molecule has 0 amide bonds. The van der Waals surface area contributed by atoms with E-state index >= 15 is 0 Å². The SMILES string of the molecule is FC(F)(F)O[C@H]1CCN(c2ccnn3ccnc23)C1. The summed E-state index contributed by atoms with van der Waals surface area (Å²) < 4.78 is 42.2. The van der Waals surface area contributed by atoms with Crippen LogP contribution in [0.3, 0.4) is 0 Å². The Hall–Kier alpha value is -1.83. The number of ether oxygens (including phenoxy) is 1. The van der Waals surface area contributed by atoms with Gasteiger partial charge in [0.2, 0.25) is 0 Å². The molecule has 1 aliphatic heterocycles. The van der Waals surface area contributed by atoms with Crippen LogP contribution < -0.4 is 4.90 Å². The fraction of sp³-hybridized carbons (Fsp3) is 0.455. The van der Waals surface area contributed by atoms with Crippen LogP contribution in [0.25, 0.3) is 5.65 Å². The lowest BCUT2D eigenvalue weighted by atomic mass is 10.3. The lowest BCUT2D eigenvalue weighted by Gasteiger charge is -2.19. The molecule has 1 aliphatic rings. The Labute approximate surface area is 106 Å². The molecule has 19 heavy (non-hydrogen) atoms. The zero-order valence-corrected chi connectivity index (χ0v) is 9.84. The van der Waals surface area contributed by atoms with Crippen LogP contribution in [0.5, 0.6) is 0 Å². The summed E-state index contributed by atoms with van der Waals surface area (Å²) in [6, 6.07) is 1.75. The monoisotopic (exact) mass is 272 g/mol. The number of anilines is 1. The zero-order chi connectivity index (χ0) is 13.5. The van der Waals surface area contributed by atoms with Gasteiger partial charge < -0.3 is 4.90 Å². The van der Waals surface area contributed by atoms with E-state index in [9.17, 15) is 13.2 Å². The second-order valence-electron chi connectivity index (χ2n) is 4.33. The predicted molar refractivity (Wildman–Crippen MR) is 60.7 cm³/mol. The summed E-state index contributed by atoms with van der Waals surface area (Å²) in [5.74, 6) is 0. The third-order valence-electron chi connectivity index (χ3n) is 3.06. The number of fused-ring (bicyclic) bond motifs is 1. The van der Waals surface area contributed by atoms with Crippen molar-refractivity contribution in [2.24, 2.45) is 0 Å². The summed E-state index contributed by atoms with van der Waals surface area (Å²) in [6.45, 7) is 0.708. The van der Waals surface area contributed by atoms with Crippen LogP contribution in [0.15, 0.2) is 24.7 Å². The van der Waals surface area contributed by atoms with E-state index in [1.807, 2.05) is 4.90 Å². The number of rotatable bonds is 2. The minimum atomic E-state index is -4.58. The van der Waals surface area contributed by atoms with Gasteiger partial charge in [0.15, 0.2) is 5.65 Å². The third kappa shape index (κ3) is 2.48. The van der Waals surface area contributed by atoms with E-state index in [1.54, 1.807) is 29.2 Å². The fourth-order valence-electron chi connectivity index (χ4n) is 2.30. The minimum Gasteiger partial charge on any atom is -0.366 e. The van der Waals surface area contributed by atoms with Crippen molar-refractivity contribution in [1.29, 1.82) is 0 Å². The van der Waals surface area contributed by atoms with Crippen molar-refractivity contribution < 1.29 is 17.9 Å². The molecule has 0 saturated carbocycles. The van der Waals surface area contributed by atoms with Gasteiger partial charge in [0, 0.05) is 25.5 Å². The molecule has 1 fully saturated rings. The highest BCUT2D eigenvalue weighted by molar-refractivity contribution is 5.68. The van der Waals surface area contributed by atoms with E-state index in [-0.39, 0.29) is 6.54 Å². The van der Waals surface area contributed by atoms with Crippen LogP contribution in [0, 0.1) is 0 Å². The molecule has 2 aromatic rings. The molecule has 0 bridgehead atoms. The maximum absolute atomic E-state index is 12.2. The van der Waals surface area contributed by atoms with Gasteiger partial charge >= 0.3 is 6.36 Å². The Morgan fingerprint density at radius 3 is 2.95 bits per heavy atom. The van der Waals surface area contributed by atoms with Crippen molar-refractivity contribution in [2.45, 2.75) is 18.9 Å². The standard InChI is InChI=1S/C11H11F3N4O/c12-11(13,14)19-8-2-5-17(7-8)9-1-3-16-18-6-4-15-10(9)18/h1,3-4,6,8H,2,5,7H2/t8-/m0/s1. The third-order valence-corrected chi connectivity index (χ3v) is 3.06. The van der Waals surface area contributed by atoms with E-state index < -0.39 is 12.5 Å². The molecule has 8 heteroatoms. The van der Waals surface area contributed by atoms with Crippen molar-refractivity contribution in [2.75, 3.05) is 18.0 Å². The summed E-state index contributed by atoms with van der Waals surface area (Å²) in [6.07, 6.45) is -0.175. The van der Waals surface area contributed by atoms with Crippen molar-refractivity contribution in [3.63, 3.8) is 0 Å².